The molecule has 0 N–H and O–H groups in total. The second-order valence-corrected chi connectivity index (χ2v) is 14.0. The lowest BCUT2D eigenvalue weighted by atomic mass is 10.3. The Bertz CT molecular complexity index is 1720. The van der Waals surface area contributed by atoms with Gasteiger partial charge in [0.2, 0.25) is 5.82 Å². The van der Waals surface area contributed by atoms with E-state index in [0.717, 1.165) is 9.79 Å². The van der Waals surface area contributed by atoms with Crippen molar-refractivity contribution < 1.29 is 34.0 Å². The standard InChI is InChI=1S/C30H19F5O3S3/c31-25-26(32)28(34)30(29(35)27(25)33)41(36,37)38-40(22-12-6-2-7-13-22,23-14-8-3-9-15-23)24-18-16-21(17-19-24)39-20-10-4-1-5-11-20/h1-19H. The highest BCUT2D eigenvalue weighted by molar-refractivity contribution is 8.33. The lowest BCUT2D eigenvalue weighted by Gasteiger charge is -2.39. The second-order valence-electron chi connectivity index (χ2n) is 8.49. The van der Waals surface area contributed by atoms with Gasteiger partial charge in [-0.2, -0.15) is 8.42 Å². The molecule has 5 aromatic rings. The van der Waals surface area contributed by atoms with Crippen LogP contribution < -0.4 is 0 Å². The monoisotopic (exact) mass is 618 g/mol. The van der Waals surface area contributed by atoms with Gasteiger partial charge in [0.25, 0.3) is 0 Å². The smallest absolute Gasteiger partial charge is 0.203 e. The van der Waals surface area contributed by atoms with Crippen LogP contribution >= 0.6 is 22.1 Å². The molecule has 0 aliphatic heterocycles. The van der Waals surface area contributed by atoms with Crippen LogP contribution in [0.1, 0.15) is 0 Å². The Kier molecular flexibility index (Phi) is 8.23. The van der Waals surface area contributed by atoms with Crippen molar-refractivity contribution >= 4 is 32.2 Å². The average molecular weight is 619 g/mol. The third-order valence-electron chi connectivity index (χ3n) is 5.90. The van der Waals surface area contributed by atoms with Gasteiger partial charge in [0.1, 0.15) is 0 Å². The van der Waals surface area contributed by atoms with Gasteiger partial charge in [-0.3, -0.25) is 0 Å². The maximum absolute atomic E-state index is 14.8. The Labute approximate surface area is 239 Å². The minimum Gasteiger partial charge on any atom is -0.203 e. The van der Waals surface area contributed by atoms with E-state index in [9.17, 15) is 30.4 Å². The lowest BCUT2D eigenvalue weighted by molar-refractivity contribution is 0.354. The van der Waals surface area contributed by atoms with Gasteiger partial charge in [0.05, 0.1) is 0 Å². The van der Waals surface area contributed by atoms with E-state index in [1.807, 2.05) is 30.3 Å². The third-order valence-corrected chi connectivity index (χ3v) is 12.1. The van der Waals surface area contributed by atoms with Crippen molar-refractivity contribution in [2.75, 3.05) is 0 Å². The highest BCUT2D eigenvalue weighted by Gasteiger charge is 2.42. The number of rotatable bonds is 8. The summed E-state index contributed by atoms with van der Waals surface area (Å²) in [5.74, 6) is -12.3. The summed E-state index contributed by atoms with van der Waals surface area (Å²) in [6.07, 6.45) is 0. The highest BCUT2D eigenvalue weighted by Crippen LogP contribution is 2.70. The van der Waals surface area contributed by atoms with Crippen molar-refractivity contribution in [3.63, 3.8) is 0 Å². The van der Waals surface area contributed by atoms with Gasteiger partial charge >= 0.3 is 10.1 Å². The summed E-state index contributed by atoms with van der Waals surface area (Å²) in [5.41, 5.74) is 0. The average Bonchev–Trinajstić information content (AvgIpc) is 2.99. The maximum atomic E-state index is 14.8. The molecule has 0 saturated carbocycles. The molecule has 5 aromatic carbocycles. The first-order valence-corrected chi connectivity index (χ1v) is 15.7. The quantitative estimate of drug-likeness (QED) is 0.0989. The van der Waals surface area contributed by atoms with Gasteiger partial charge in [0.15, 0.2) is 28.2 Å². The summed E-state index contributed by atoms with van der Waals surface area (Å²) in [6, 6.07) is 32.3. The summed E-state index contributed by atoms with van der Waals surface area (Å²) in [6.45, 7) is 0. The van der Waals surface area contributed by atoms with Crippen LogP contribution in [0.4, 0.5) is 22.0 Å². The summed E-state index contributed by atoms with van der Waals surface area (Å²) < 4.78 is 104. The van der Waals surface area contributed by atoms with Gasteiger partial charge in [-0.25, -0.2) is 25.6 Å². The molecule has 0 spiro atoms. The van der Waals surface area contributed by atoms with Crippen LogP contribution in [0.3, 0.4) is 0 Å². The molecular formula is C30H19F5O3S3. The van der Waals surface area contributed by atoms with Crippen LogP contribution in [-0.2, 0) is 13.7 Å². The normalized spacial score (nSPS) is 12.3. The van der Waals surface area contributed by atoms with Gasteiger partial charge in [0, 0.05) is 24.5 Å². The molecule has 41 heavy (non-hydrogen) atoms. The van der Waals surface area contributed by atoms with Crippen molar-refractivity contribution in [3.8, 4) is 0 Å². The zero-order valence-corrected chi connectivity index (χ0v) is 23.3. The molecule has 0 aliphatic carbocycles. The fraction of sp³-hybridized carbons (Fsp3) is 0. The summed E-state index contributed by atoms with van der Waals surface area (Å²) >= 11 is 1.45. The van der Waals surface area contributed by atoms with E-state index in [4.69, 9.17) is 3.63 Å². The SMILES string of the molecule is O=S(=O)(OS(c1ccccc1)(c1ccccc1)c1ccc(Sc2ccccc2)cc1)c1c(F)c(F)c(F)c(F)c1F. The maximum Gasteiger partial charge on any atom is 0.313 e. The van der Waals surface area contributed by atoms with E-state index < -0.39 is 54.4 Å². The van der Waals surface area contributed by atoms with Crippen molar-refractivity contribution in [2.24, 2.45) is 0 Å². The minimum absolute atomic E-state index is 0.305. The molecule has 0 aliphatic rings. The number of hydrogen-bond donors (Lipinski definition) is 0. The number of halogens is 5. The van der Waals surface area contributed by atoms with Crippen LogP contribution in [0.2, 0.25) is 0 Å². The molecule has 0 atom stereocenters. The van der Waals surface area contributed by atoms with Gasteiger partial charge in [-0.05, 0) is 71.0 Å². The van der Waals surface area contributed by atoms with Gasteiger partial charge < -0.3 is 0 Å². The largest absolute Gasteiger partial charge is 0.313 e. The predicted molar refractivity (Wildman–Crippen MR) is 147 cm³/mol. The summed E-state index contributed by atoms with van der Waals surface area (Å²) in [4.78, 5) is 0.616. The van der Waals surface area contributed by atoms with E-state index in [-0.39, 0.29) is 0 Å². The van der Waals surface area contributed by atoms with Crippen molar-refractivity contribution in [1.29, 1.82) is 0 Å². The molecule has 0 aromatic heterocycles. The van der Waals surface area contributed by atoms with Crippen LogP contribution in [0.25, 0.3) is 0 Å². The molecule has 0 amide bonds. The first-order valence-electron chi connectivity index (χ1n) is 11.9. The van der Waals surface area contributed by atoms with E-state index in [2.05, 4.69) is 0 Å². The van der Waals surface area contributed by atoms with E-state index in [1.165, 1.54) is 11.8 Å². The molecule has 0 heterocycles. The van der Waals surface area contributed by atoms with E-state index >= 15 is 0 Å². The first-order chi connectivity index (χ1) is 19.6. The molecule has 210 valence electrons. The molecule has 3 nitrogen and oxygen atoms in total. The highest BCUT2D eigenvalue weighted by atomic mass is 32.3. The minimum atomic E-state index is -5.61. The number of hydrogen-bond acceptors (Lipinski definition) is 4. The van der Waals surface area contributed by atoms with Gasteiger partial charge in [-0.15, -0.1) is 0 Å². The fourth-order valence-corrected chi connectivity index (χ4v) is 10.2. The Morgan fingerprint density at radius 1 is 0.463 bits per heavy atom. The summed E-state index contributed by atoms with van der Waals surface area (Å²) in [5, 5.41) is 0. The molecule has 0 unspecified atom stereocenters. The third kappa shape index (κ3) is 5.50. The van der Waals surface area contributed by atoms with Crippen LogP contribution in [0, 0.1) is 29.1 Å². The molecular weight excluding hydrogens is 600 g/mol. The van der Waals surface area contributed by atoms with Crippen molar-refractivity contribution in [1.82, 2.24) is 0 Å². The van der Waals surface area contributed by atoms with Crippen LogP contribution in [0.15, 0.2) is 145 Å². The Morgan fingerprint density at radius 2 is 0.829 bits per heavy atom. The molecule has 0 radical (unpaired) electrons. The molecule has 5 rings (SSSR count). The van der Waals surface area contributed by atoms with Crippen molar-refractivity contribution in [2.45, 2.75) is 29.4 Å². The summed E-state index contributed by atoms with van der Waals surface area (Å²) in [7, 11) is -8.98. The zero-order chi connectivity index (χ0) is 29.2. The Hall–Kier alpha value is -3.64. The van der Waals surface area contributed by atoms with Crippen LogP contribution in [0.5, 0.6) is 0 Å². The van der Waals surface area contributed by atoms with E-state index in [1.54, 1.807) is 84.9 Å². The van der Waals surface area contributed by atoms with Gasteiger partial charge in [-0.1, -0.05) is 66.4 Å². The van der Waals surface area contributed by atoms with Crippen LogP contribution in [-0.4, -0.2) is 8.42 Å². The molecule has 0 fully saturated rings. The zero-order valence-electron chi connectivity index (χ0n) is 20.8. The topological polar surface area (TPSA) is 43.4 Å². The Balaban J connectivity index is 1.73. The first kappa shape index (κ1) is 28.9. The predicted octanol–water partition coefficient (Wildman–Crippen LogP) is 9.14. The molecule has 11 heteroatoms. The fourth-order valence-electron chi connectivity index (χ4n) is 4.05. The van der Waals surface area contributed by atoms with E-state index in [0.29, 0.717) is 14.7 Å². The molecule has 0 bridgehead atoms. The lowest BCUT2D eigenvalue weighted by Crippen LogP contribution is -2.19. The second kappa shape index (κ2) is 11.7. The number of benzene rings is 5. The molecule has 0 saturated heterocycles. The Morgan fingerprint density at radius 3 is 1.29 bits per heavy atom. The van der Waals surface area contributed by atoms with Crippen molar-refractivity contribution in [3.05, 3.63) is 144 Å².